The summed E-state index contributed by atoms with van der Waals surface area (Å²) in [6.07, 6.45) is -4.81. The molecule has 30 nitrogen and oxygen atoms in total. The van der Waals surface area contributed by atoms with Gasteiger partial charge in [0.25, 0.3) is 8.53 Å². The van der Waals surface area contributed by atoms with Crippen LogP contribution in [0, 0.1) is 24.6 Å². The van der Waals surface area contributed by atoms with Crippen molar-refractivity contribution in [2.24, 2.45) is 0 Å². The van der Waals surface area contributed by atoms with Crippen LogP contribution in [0.5, 0.6) is 0 Å². The summed E-state index contributed by atoms with van der Waals surface area (Å²) in [6, 6.07) is -0.320. The first-order valence-electron chi connectivity index (χ1n) is 38.8. The Morgan fingerprint density at radius 3 is 1.45 bits per heavy atom. The van der Waals surface area contributed by atoms with E-state index in [0.29, 0.717) is 50.3 Å². The highest BCUT2D eigenvalue weighted by Gasteiger charge is 2.63. The normalized spacial score (nSPS) is 35.5. The Hall–Kier alpha value is 1.27. The Morgan fingerprint density at radius 2 is 1.06 bits per heavy atom. The molecule has 7 aliphatic heterocycles. The molecule has 115 heavy (non-hydrogen) atoms. The monoisotopic (exact) mass is 1830 g/mol. The maximum absolute atomic E-state index is 12.7. The molecule has 23 atom stereocenters. The minimum absolute atomic E-state index is 0. The fourth-order valence-corrected chi connectivity index (χ4v) is 26.2. The molecule has 7 saturated heterocycles. The largest absolute Gasteiger partial charge is 0.409 e. The van der Waals surface area contributed by atoms with Gasteiger partial charge >= 0.3 is 7.60 Å². The van der Waals surface area contributed by atoms with Crippen LogP contribution in [0.1, 0.15) is 157 Å². The number of halogens is 1. The Labute approximate surface area is 706 Å². The van der Waals surface area contributed by atoms with Gasteiger partial charge in [-0.05, 0) is 147 Å². The summed E-state index contributed by atoms with van der Waals surface area (Å²) in [4.78, 5) is 22.3. The van der Waals surface area contributed by atoms with Gasteiger partial charge in [0, 0.05) is 93.8 Å². The van der Waals surface area contributed by atoms with Crippen molar-refractivity contribution in [2.75, 3.05) is 97.9 Å². The topological polar surface area (TPSA) is 380 Å². The van der Waals surface area contributed by atoms with E-state index in [0.717, 1.165) is 7.11 Å². The molecule has 0 aromatic carbocycles. The summed E-state index contributed by atoms with van der Waals surface area (Å²) >= 11 is 6.13. The predicted molar refractivity (Wildman–Crippen MR) is 467 cm³/mol. The van der Waals surface area contributed by atoms with Gasteiger partial charge in [-0.3, -0.25) is 22.8 Å². The van der Waals surface area contributed by atoms with Gasteiger partial charge in [-0.15, -0.1) is 0 Å². The molecule has 8 radical (unpaired) electrons. The van der Waals surface area contributed by atoms with Crippen molar-refractivity contribution in [2.45, 2.75) is 331 Å². The van der Waals surface area contributed by atoms with Gasteiger partial charge in [0.05, 0.1) is 70.0 Å². The lowest BCUT2D eigenvalue weighted by molar-refractivity contribution is -0.101. The fraction of sp³-hybridized carbons (Fsp3) is 0.957. The average molecular weight is 1830 g/mol. The van der Waals surface area contributed by atoms with Gasteiger partial charge in [-0.2, -0.15) is 5.26 Å². The maximum atomic E-state index is 12.7. The van der Waals surface area contributed by atoms with E-state index in [9.17, 15) is 53.0 Å². The molecule has 0 aromatic rings. The van der Waals surface area contributed by atoms with E-state index in [-0.39, 0.29) is 92.8 Å². The number of hydrogen-bond acceptors (Lipinski definition) is 27. The lowest BCUT2D eigenvalue weighted by Crippen LogP contribution is -2.54. The summed E-state index contributed by atoms with van der Waals surface area (Å²) in [7, 11) is 0.426. The van der Waals surface area contributed by atoms with E-state index >= 15 is 0 Å². The molecule has 0 aromatic heterocycles. The first-order valence-corrected chi connectivity index (χ1v) is 61.0. The van der Waals surface area contributed by atoms with E-state index in [1.807, 2.05) is 19.2 Å². The molecule has 0 aliphatic carbocycles. The number of aliphatic hydroxyl groups excluding tert-OH is 4. The summed E-state index contributed by atoms with van der Waals surface area (Å²) in [6.45, 7) is 64.0. The van der Waals surface area contributed by atoms with Gasteiger partial charge in [0.2, 0.25) is 14.2 Å². The first kappa shape index (κ1) is 112. The Balaban J connectivity index is 0.000000502. The molecule has 0 bridgehead atoms. The van der Waals surface area contributed by atoms with Crippen LogP contribution in [0.3, 0.4) is 0 Å². The number of ether oxygens (including phenoxy) is 4. The van der Waals surface area contributed by atoms with E-state index in [1.54, 1.807) is 13.3 Å². The van der Waals surface area contributed by atoms with Crippen molar-refractivity contribution < 1.29 is 121 Å². The summed E-state index contributed by atoms with van der Waals surface area (Å²) in [5.41, 5.74) is -4.38. The van der Waals surface area contributed by atoms with Crippen LogP contribution in [0.25, 0.3) is 4.85 Å². The van der Waals surface area contributed by atoms with E-state index in [2.05, 4.69) is 169 Å². The standard InChI is InChI=1S/C23H45BN2O6P2Si.C14H30BO6PSi.C14H28BO5PSi.C9H16BO8P2.C9H18ClN2OP.CH4/c1-17(2)26(18(3)4)33(28-14-13-25-8)31-20-19(32-35(10,11)22(5,6)7)21(24)30-23(20)12-15-34(9,27)29-16-23;1-13(2,3)23(5,6)21-10-11(17)14(9-16,20-12(10)15)7-8-22(4,18)19;1-13(2,3)22(5,6)20-10-11(16)14(19-12(10)15)7-8-21(4,17)18-9-14;1-15-19(2,12)18-7-6(11)8(10)17-9(7)3-4-20(13,14)16-5-9;1-8(2)12(9(3)4)14(10)13-7-5-6-11;/h17-21H,12-16H2,1-7,9-11H3;10-12,16-17H,7-9H2,1-6H3,(H,18,19);10-12,16H,7-9H2,1-6H3;6-8,11H,2-5H2,1H3,(H,13,14);8-9H,5,7H2,1-4H3;1H4/q;;;-1;;/t19?,20-,21-,23+,33?,34?;10?,11-,12-,14+;10?,11-,12-,14+,21?;6?,7-,8-,9+,19?;;/m1111../s1. The van der Waals surface area contributed by atoms with Crippen molar-refractivity contribution >= 4 is 121 Å². The zero-order chi connectivity index (χ0) is 88.4. The molecule has 7 aliphatic rings. The molecular weight excluding hydrogens is 1690 g/mol. The molecule has 3 spiro atoms. The second-order valence-electron chi connectivity index (χ2n) is 36.5. The van der Waals surface area contributed by atoms with Crippen molar-refractivity contribution in [3.05, 3.63) is 18.1 Å². The van der Waals surface area contributed by atoms with Gasteiger partial charge < -0.3 is 103 Å². The summed E-state index contributed by atoms with van der Waals surface area (Å²) in [5, 5.41) is 49.4. The lowest BCUT2D eigenvalue weighted by atomic mass is 9.88. The van der Waals surface area contributed by atoms with Gasteiger partial charge in [-0.1, -0.05) is 69.7 Å². The Bertz CT molecular complexity index is 3330. The molecule has 0 amide bonds. The molecule has 6 N–H and O–H groups in total. The lowest BCUT2D eigenvalue weighted by Gasteiger charge is -2.45. The van der Waals surface area contributed by atoms with Crippen LogP contribution in [0.2, 0.25) is 54.4 Å². The Kier molecular flexibility index (Phi) is 43.3. The minimum atomic E-state index is -3.66. The average Bonchev–Trinajstić information content (AvgIpc) is 1.62. The number of nitrogens with zero attached hydrogens (tertiary/aromatic N) is 4. The highest BCUT2D eigenvalue weighted by atomic mass is 35.7. The number of hydrogen-bond donors (Lipinski definition) is 6. The molecule has 7 heterocycles. The quantitative estimate of drug-likeness (QED) is 0.0192. The van der Waals surface area contributed by atoms with Gasteiger partial charge in [-0.25, -0.2) is 22.6 Å². The highest BCUT2D eigenvalue weighted by molar-refractivity contribution is 7.78. The second kappa shape index (κ2) is 44.3. The van der Waals surface area contributed by atoms with Crippen LogP contribution in [-0.2, 0) is 91.2 Å². The fourth-order valence-electron chi connectivity index (χ4n) is 12.6. The van der Waals surface area contributed by atoms with E-state index in [4.69, 9.17) is 118 Å². The second-order valence-corrected chi connectivity index (χ2v) is 66.0. The van der Waals surface area contributed by atoms with Crippen LogP contribution in [-0.4, -0.2) is 313 Å². The summed E-state index contributed by atoms with van der Waals surface area (Å²) in [5.74, 6) is 0. The molecule has 664 valence electrons. The van der Waals surface area contributed by atoms with Crippen molar-refractivity contribution in [1.29, 1.82) is 5.26 Å². The Morgan fingerprint density at radius 1 is 0.661 bits per heavy atom. The predicted octanol–water partition coefficient (Wildman–Crippen LogP) is 13.6. The maximum Gasteiger partial charge on any atom is 0.328 e. The molecule has 11 unspecified atom stereocenters. The smallest absolute Gasteiger partial charge is 0.328 e. The zero-order valence-electron chi connectivity index (χ0n) is 72.7. The van der Waals surface area contributed by atoms with E-state index in [1.165, 1.54) is 6.66 Å². The number of nitriles is 1. The SMILES string of the molecule is C.CC(C)N(C(C)C)P(Cl)OCCC#N.[B][C@@H]1O[C@](CO)(CCP(C)(=O)O)[C@H](O)C1O[Si](C)(C)C(C)(C)C.[B][C@@H]1O[C@]2(CCP(=O)(O)OC2)[C@H](OP([CH2-])(=O)OC)C1O.[B][C@@H]1O[C@]2(CCP(C)(=O)OC2)[C@H](O)C1O[Si](C)(C)C(C)(C)C.[B][C@@H]1O[C@]2(CCP(C)(=O)OC2)[C@H](OP(OCC[N+]#[C-])N(C(C)C)C(C)C)C1O[Si](C)(C)C(C)(C)C. The van der Waals surface area contributed by atoms with Crippen LogP contribution in [0.15, 0.2) is 0 Å². The summed E-state index contributed by atoms with van der Waals surface area (Å²) < 4.78 is 151. The first-order chi connectivity index (χ1) is 51.5. The number of aliphatic hydroxyl groups is 4. The number of rotatable bonds is 27. The van der Waals surface area contributed by atoms with Crippen molar-refractivity contribution in [1.82, 2.24) is 9.34 Å². The third-order valence-corrected chi connectivity index (χ3v) is 47.4. The van der Waals surface area contributed by atoms with Crippen LogP contribution < -0.4 is 0 Å². The zero-order valence-corrected chi connectivity index (χ0v) is 82.7. The van der Waals surface area contributed by atoms with E-state index < -0.39 is 180 Å². The molecule has 45 heteroatoms. The van der Waals surface area contributed by atoms with Gasteiger partial charge in [0.1, 0.15) is 90.9 Å². The minimum Gasteiger partial charge on any atom is -0.409 e. The third-order valence-electron chi connectivity index (χ3n) is 22.5. The van der Waals surface area contributed by atoms with Crippen LogP contribution >= 0.6 is 64.7 Å². The van der Waals surface area contributed by atoms with Crippen molar-refractivity contribution in [3.63, 3.8) is 0 Å². The highest BCUT2D eigenvalue weighted by Crippen LogP contribution is 2.61. The van der Waals surface area contributed by atoms with Crippen LogP contribution in [0.4, 0.5) is 0 Å². The third kappa shape index (κ3) is 31.3. The molecule has 0 saturated carbocycles. The molecule has 7 rings (SSSR count). The van der Waals surface area contributed by atoms with Gasteiger partial charge in [0.15, 0.2) is 54.7 Å². The molecular formula is C70H141B4ClN4O26P7Si3-. The molecule has 7 fully saturated rings. The van der Waals surface area contributed by atoms with Crippen molar-refractivity contribution in [3.8, 4) is 6.07 Å².